The lowest BCUT2D eigenvalue weighted by Crippen LogP contribution is -2.32. The number of nitrogens with one attached hydrogen (secondary N) is 2. The smallest absolute Gasteiger partial charge is 0.256 e. The number of halogens is 3. The predicted octanol–water partition coefficient (Wildman–Crippen LogP) is 4.21. The van der Waals surface area contributed by atoms with Crippen LogP contribution in [0.25, 0.3) is 0 Å². The van der Waals surface area contributed by atoms with Crippen LogP contribution in [0, 0.1) is 0 Å². The standard InChI is InChI=1S/C17H20BrN3O2.2ClH/c1-2-8-19-10-11-20-16(22)15-7-4-9-21-17(15)23-14-6-3-5-13(18)12-14;;/h3-7,9,12,19H,2,8,10-11H2,1H3,(H,20,22);2*1H. The highest BCUT2D eigenvalue weighted by Crippen LogP contribution is 2.25. The van der Waals surface area contributed by atoms with Crippen LogP contribution in [0.5, 0.6) is 11.6 Å². The van der Waals surface area contributed by atoms with Crippen molar-refractivity contribution in [2.24, 2.45) is 0 Å². The number of hydrogen-bond donors (Lipinski definition) is 2. The van der Waals surface area contributed by atoms with Crippen molar-refractivity contribution in [1.82, 2.24) is 15.6 Å². The molecule has 0 bridgehead atoms. The van der Waals surface area contributed by atoms with E-state index >= 15 is 0 Å². The highest BCUT2D eigenvalue weighted by Gasteiger charge is 2.13. The van der Waals surface area contributed by atoms with Gasteiger partial charge < -0.3 is 15.4 Å². The van der Waals surface area contributed by atoms with E-state index in [9.17, 15) is 4.79 Å². The van der Waals surface area contributed by atoms with Gasteiger partial charge in [0.25, 0.3) is 5.91 Å². The normalized spacial score (nSPS) is 9.52. The first-order chi connectivity index (χ1) is 11.2. The second-order valence-corrected chi connectivity index (χ2v) is 5.84. The summed E-state index contributed by atoms with van der Waals surface area (Å²) in [5, 5.41) is 6.10. The van der Waals surface area contributed by atoms with Crippen molar-refractivity contribution >= 4 is 46.7 Å². The number of rotatable bonds is 8. The van der Waals surface area contributed by atoms with E-state index in [4.69, 9.17) is 4.74 Å². The SMILES string of the molecule is CCCNCCNC(=O)c1cccnc1Oc1cccc(Br)c1.Cl.Cl. The summed E-state index contributed by atoms with van der Waals surface area (Å²) in [4.78, 5) is 16.5. The molecule has 0 unspecified atom stereocenters. The molecule has 0 aliphatic heterocycles. The number of hydrogen-bond acceptors (Lipinski definition) is 4. The molecular weight excluding hydrogens is 429 g/mol. The molecule has 1 amide bonds. The quantitative estimate of drug-likeness (QED) is 0.591. The molecule has 2 N–H and O–H groups in total. The third kappa shape index (κ3) is 8.05. The van der Waals surface area contributed by atoms with Crippen LogP contribution in [-0.2, 0) is 0 Å². The molecule has 2 aromatic rings. The van der Waals surface area contributed by atoms with Gasteiger partial charge in [-0.2, -0.15) is 0 Å². The molecule has 0 spiro atoms. The van der Waals surface area contributed by atoms with E-state index in [1.165, 1.54) is 0 Å². The van der Waals surface area contributed by atoms with Gasteiger partial charge in [-0.15, -0.1) is 24.8 Å². The summed E-state index contributed by atoms with van der Waals surface area (Å²) in [5.41, 5.74) is 0.419. The Morgan fingerprint density at radius 3 is 2.68 bits per heavy atom. The summed E-state index contributed by atoms with van der Waals surface area (Å²) in [6.45, 7) is 4.35. The number of aromatic nitrogens is 1. The van der Waals surface area contributed by atoms with Crippen LogP contribution in [0.15, 0.2) is 47.1 Å². The molecule has 0 fully saturated rings. The fraction of sp³-hybridized carbons (Fsp3) is 0.294. The summed E-state index contributed by atoms with van der Waals surface area (Å²) >= 11 is 3.39. The van der Waals surface area contributed by atoms with Gasteiger partial charge in [0, 0.05) is 23.8 Å². The van der Waals surface area contributed by atoms with E-state index in [1.807, 2.05) is 24.3 Å². The fourth-order valence-electron chi connectivity index (χ4n) is 1.95. The Morgan fingerprint density at radius 2 is 1.96 bits per heavy atom. The Hall–Kier alpha value is -1.34. The minimum absolute atomic E-state index is 0. The van der Waals surface area contributed by atoms with Gasteiger partial charge in [-0.25, -0.2) is 4.98 Å². The van der Waals surface area contributed by atoms with E-state index in [0.717, 1.165) is 24.0 Å². The van der Waals surface area contributed by atoms with Gasteiger partial charge in [0.05, 0.1) is 0 Å². The van der Waals surface area contributed by atoms with Crippen LogP contribution in [0.3, 0.4) is 0 Å². The number of pyridine rings is 1. The number of amides is 1. The fourth-order valence-corrected chi connectivity index (χ4v) is 2.33. The van der Waals surface area contributed by atoms with Crippen LogP contribution >= 0.6 is 40.7 Å². The zero-order chi connectivity index (χ0) is 16.5. The zero-order valence-electron chi connectivity index (χ0n) is 13.8. The van der Waals surface area contributed by atoms with Gasteiger partial charge in [-0.3, -0.25) is 4.79 Å². The predicted molar refractivity (Wildman–Crippen MR) is 108 cm³/mol. The Labute approximate surface area is 168 Å². The molecular formula is C17H22BrCl2N3O2. The first kappa shape index (κ1) is 23.7. The van der Waals surface area contributed by atoms with Crippen molar-refractivity contribution in [2.75, 3.05) is 19.6 Å². The first-order valence-corrected chi connectivity index (χ1v) is 8.37. The third-order valence-electron chi connectivity index (χ3n) is 3.04. The molecule has 25 heavy (non-hydrogen) atoms. The lowest BCUT2D eigenvalue weighted by molar-refractivity contribution is 0.0951. The zero-order valence-corrected chi connectivity index (χ0v) is 17.0. The monoisotopic (exact) mass is 449 g/mol. The van der Waals surface area contributed by atoms with Gasteiger partial charge in [0.1, 0.15) is 11.3 Å². The minimum Gasteiger partial charge on any atom is -0.438 e. The van der Waals surface area contributed by atoms with Crippen LogP contribution in [0.1, 0.15) is 23.7 Å². The summed E-state index contributed by atoms with van der Waals surface area (Å²) in [6.07, 6.45) is 2.67. The number of carbonyl (C=O) groups excluding carboxylic acids is 1. The van der Waals surface area contributed by atoms with E-state index < -0.39 is 0 Å². The molecule has 2 rings (SSSR count). The van der Waals surface area contributed by atoms with E-state index in [0.29, 0.717) is 23.7 Å². The van der Waals surface area contributed by atoms with Crippen LogP contribution in [0.2, 0.25) is 0 Å². The van der Waals surface area contributed by atoms with Crippen LogP contribution in [-0.4, -0.2) is 30.5 Å². The summed E-state index contributed by atoms with van der Waals surface area (Å²) in [5.74, 6) is 0.725. The lowest BCUT2D eigenvalue weighted by Gasteiger charge is -2.10. The van der Waals surface area contributed by atoms with Crippen molar-refractivity contribution in [3.8, 4) is 11.6 Å². The van der Waals surface area contributed by atoms with Crippen molar-refractivity contribution in [1.29, 1.82) is 0 Å². The number of benzene rings is 1. The van der Waals surface area contributed by atoms with Crippen molar-refractivity contribution in [3.63, 3.8) is 0 Å². The van der Waals surface area contributed by atoms with Crippen LogP contribution in [0.4, 0.5) is 0 Å². The van der Waals surface area contributed by atoms with Crippen molar-refractivity contribution in [3.05, 3.63) is 52.6 Å². The molecule has 0 saturated heterocycles. The molecule has 8 heteroatoms. The molecule has 1 heterocycles. The average Bonchev–Trinajstić information content (AvgIpc) is 2.55. The van der Waals surface area contributed by atoms with Gasteiger partial charge in [0.2, 0.25) is 5.88 Å². The van der Waals surface area contributed by atoms with Crippen molar-refractivity contribution < 1.29 is 9.53 Å². The van der Waals surface area contributed by atoms with Gasteiger partial charge >= 0.3 is 0 Å². The average molecular weight is 451 g/mol. The van der Waals surface area contributed by atoms with Gasteiger partial charge in [-0.05, 0) is 43.3 Å². The molecule has 0 atom stereocenters. The highest BCUT2D eigenvalue weighted by molar-refractivity contribution is 9.10. The van der Waals surface area contributed by atoms with Crippen LogP contribution < -0.4 is 15.4 Å². The molecule has 1 aromatic heterocycles. The molecule has 0 radical (unpaired) electrons. The molecule has 0 aliphatic rings. The Morgan fingerprint density at radius 1 is 1.16 bits per heavy atom. The van der Waals surface area contributed by atoms with E-state index in [2.05, 4.69) is 38.5 Å². The second-order valence-electron chi connectivity index (χ2n) is 4.92. The number of nitrogens with zero attached hydrogens (tertiary/aromatic N) is 1. The first-order valence-electron chi connectivity index (χ1n) is 7.58. The maximum absolute atomic E-state index is 12.3. The number of ether oxygens (including phenoxy) is 1. The lowest BCUT2D eigenvalue weighted by atomic mass is 10.2. The molecule has 0 saturated carbocycles. The topological polar surface area (TPSA) is 63.2 Å². The Kier molecular flexibility index (Phi) is 12.2. The third-order valence-corrected chi connectivity index (χ3v) is 3.53. The summed E-state index contributed by atoms with van der Waals surface area (Å²) < 4.78 is 6.64. The summed E-state index contributed by atoms with van der Waals surface area (Å²) in [7, 11) is 0. The molecule has 5 nitrogen and oxygen atoms in total. The maximum Gasteiger partial charge on any atom is 0.256 e. The molecule has 138 valence electrons. The Bertz CT molecular complexity index is 659. The van der Waals surface area contributed by atoms with E-state index in [-0.39, 0.29) is 30.7 Å². The largest absolute Gasteiger partial charge is 0.438 e. The molecule has 0 aliphatic carbocycles. The summed E-state index contributed by atoms with van der Waals surface area (Å²) in [6, 6.07) is 10.8. The minimum atomic E-state index is -0.193. The maximum atomic E-state index is 12.3. The van der Waals surface area contributed by atoms with Gasteiger partial charge in [0.15, 0.2) is 0 Å². The molecule has 1 aromatic carbocycles. The second kappa shape index (κ2) is 12.9. The Balaban J connectivity index is 0.00000288. The van der Waals surface area contributed by atoms with Gasteiger partial charge in [-0.1, -0.05) is 28.9 Å². The van der Waals surface area contributed by atoms with E-state index in [1.54, 1.807) is 18.3 Å². The highest BCUT2D eigenvalue weighted by atomic mass is 79.9. The van der Waals surface area contributed by atoms with Crippen molar-refractivity contribution in [2.45, 2.75) is 13.3 Å². The number of carbonyl (C=O) groups is 1.